The fourth-order valence-electron chi connectivity index (χ4n) is 4.71. The molecule has 0 saturated heterocycles. The number of furan rings is 1. The standard InChI is InChI=1S/C28H30N6O4/c1-19-8-10-21(11-9-19)27-30-32-34(31-27)18-25(36)33(17-24-7-4-16-38-24)26(20-12-14-23(35)15-13-20)28(37)29-22-5-2-3-6-22/h4,7-16,22,26,35H,2-3,5-6,17-18H2,1H3,(H,29,37)/t26-/m0/s1. The van der Waals surface area contributed by atoms with Crippen molar-refractivity contribution in [1.82, 2.24) is 30.4 Å². The van der Waals surface area contributed by atoms with E-state index in [9.17, 15) is 14.7 Å². The molecule has 10 nitrogen and oxygen atoms in total. The number of amides is 2. The van der Waals surface area contributed by atoms with Crippen molar-refractivity contribution >= 4 is 11.8 Å². The van der Waals surface area contributed by atoms with Crippen LogP contribution in [0, 0.1) is 6.92 Å². The highest BCUT2D eigenvalue weighted by Crippen LogP contribution is 2.28. The van der Waals surface area contributed by atoms with Crippen molar-refractivity contribution in [3.05, 3.63) is 83.8 Å². The Balaban J connectivity index is 1.44. The summed E-state index contributed by atoms with van der Waals surface area (Å²) in [4.78, 5) is 30.2. The van der Waals surface area contributed by atoms with Crippen molar-refractivity contribution < 1.29 is 19.1 Å². The predicted octanol–water partition coefficient (Wildman–Crippen LogP) is 3.78. The second-order valence-electron chi connectivity index (χ2n) is 9.59. The zero-order valence-corrected chi connectivity index (χ0v) is 21.2. The van der Waals surface area contributed by atoms with Crippen LogP contribution in [0.4, 0.5) is 0 Å². The maximum Gasteiger partial charge on any atom is 0.247 e. The molecule has 1 aliphatic carbocycles. The lowest BCUT2D eigenvalue weighted by Crippen LogP contribution is -2.46. The van der Waals surface area contributed by atoms with Gasteiger partial charge in [0.1, 0.15) is 24.1 Å². The number of tetrazole rings is 1. The Hall–Kier alpha value is -4.47. The average molecular weight is 515 g/mol. The van der Waals surface area contributed by atoms with Crippen LogP contribution in [0.25, 0.3) is 11.4 Å². The number of rotatable bonds is 9. The van der Waals surface area contributed by atoms with Gasteiger partial charge >= 0.3 is 0 Å². The summed E-state index contributed by atoms with van der Waals surface area (Å²) in [6, 6.07) is 16.6. The summed E-state index contributed by atoms with van der Waals surface area (Å²) in [5, 5.41) is 25.5. The molecule has 0 spiro atoms. The minimum Gasteiger partial charge on any atom is -0.508 e. The van der Waals surface area contributed by atoms with E-state index in [0.717, 1.165) is 36.8 Å². The smallest absolute Gasteiger partial charge is 0.247 e. The van der Waals surface area contributed by atoms with E-state index in [0.29, 0.717) is 17.1 Å². The second-order valence-corrected chi connectivity index (χ2v) is 9.59. The number of phenols is 1. The van der Waals surface area contributed by atoms with Crippen LogP contribution in [0.5, 0.6) is 5.75 Å². The number of hydrogen-bond donors (Lipinski definition) is 2. The molecule has 38 heavy (non-hydrogen) atoms. The van der Waals surface area contributed by atoms with Crippen molar-refractivity contribution in [2.24, 2.45) is 0 Å². The molecule has 196 valence electrons. The molecule has 2 aromatic carbocycles. The molecule has 1 aliphatic rings. The molecular formula is C28H30N6O4. The Kier molecular flexibility index (Phi) is 7.48. The summed E-state index contributed by atoms with van der Waals surface area (Å²) in [6.07, 6.45) is 5.46. The lowest BCUT2D eigenvalue weighted by molar-refractivity contribution is -0.143. The molecule has 10 heteroatoms. The molecule has 0 aliphatic heterocycles. The largest absolute Gasteiger partial charge is 0.508 e. The fourth-order valence-corrected chi connectivity index (χ4v) is 4.71. The molecule has 1 saturated carbocycles. The zero-order chi connectivity index (χ0) is 26.5. The van der Waals surface area contributed by atoms with Crippen molar-refractivity contribution in [2.45, 2.75) is 57.8 Å². The number of aryl methyl sites for hydroxylation is 1. The molecule has 2 N–H and O–H groups in total. The van der Waals surface area contributed by atoms with Gasteiger partial charge in [0.05, 0.1) is 12.8 Å². The van der Waals surface area contributed by atoms with Gasteiger partial charge in [-0.1, -0.05) is 54.8 Å². The van der Waals surface area contributed by atoms with Crippen LogP contribution in [0.1, 0.15) is 48.6 Å². The summed E-state index contributed by atoms with van der Waals surface area (Å²) < 4.78 is 5.54. The highest BCUT2D eigenvalue weighted by Gasteiger charge is 2.34. The number of nitrogens with zero attached hydrogens (tertiary/aromatic N) is 5. The highest BCUT2D eigenvalue weighted by molar-refractivity contribution is 5.89. The Morgan fingerprint density at radius 1 is 1.11 bits per heavy atom. The number of hydrogen-bond acceptors (Lipinski definition) is 7. The van der Waals surface area contributed by atoms with Crippen molar-refractivity contribution in [3.8, 4) is 17.1 Å². The van der Waals surface area contributed by atoms with Crippen molar-refractivity contribution in [3.63, 3.8) is 0 Å². The van der Waals surface area contributed by atoms with Crippen LogP contribution in [-0.2, 0) is 22.7 Å². The van der Waals surface area contributed by atoms with E-state index in [1.807, 2.05) is 31.2 Å². The van der Waals surface area contributed by atoms with E-state index in [-0.39, 0.29) is 36.7 Å². The van der Waals surface area contributed by atoms with E-state index in [2.05, 4.69) is 20.7 Å². The molecule has 2 heterocycles. The van der Waals surface area contributed by atoms with E-state index >= 15 is 0 Å². The Bertz CT molecular complexity index is 1360. The Labute approximate surface area is 220 Å². The predicted molar refractivity (Wildman–Crippen MR) is 138 cm³/mol. The summed E-state index contributed by atoms with van der Waals surface area (Å²) >= 11 is 0. The first kappa shape index (κ1) is 25.2. The topological polar surface area (TPSA) is 126 Å². The summed E-state index contributed by atoms with van der Waals surface area (Å²) in [7, 11) is 0. The first-order chi connectivity index (χ1) is 18.5. The first-order valence-corrected chi connectivity index (χ1v) is 12.7. The number of aromatic nitrogens is 4. The lowest BCUT2D eigenvalue weighted by Gasteiger charge is -2.31. The molecule has 0 radical (unpaired) electrons. The summed E-state index contributed by atoms with van der Waals surface area (Å²) in [5.74, 6) is 0.346. The quantitative estimate of drug-likeness (QED) is 0.348. The SMILES string of the molecule is Cc1ccc(-c2nnn(CC(=O)N(Cc3ccco3)[C@H](C(=O)NC3CCCC3)c3ccc(O)cc3)n2)cc1. The number of aromatic hydroxyl groups is 1. The van der Waals surface area contributed by atoms with Crippen LogP contribution in [-0.4, -0.2) is 48.1 Å². The van der Waals surface area contributed by atoms with Crippen LogP contribution >= 0.6 is 0 Å². The molecule has 1 atom stereocenters. The minimum absolute atomic E-state index is 0.0645. The number of benzene rings is 2. The molecule has 2 aromatic heterocycles. The molecule has 1 fully saturated rings. The third-order valence-corrected chi connectivity index (χ3v) is 6.74. The monoisotopic (exact) mass is 514 g/mol. The molecule has 2 amide bonds. The average Bonchev–Trinajstić information content (AvgIpc) is 3.69. The van der Waals surface area contributed by atoms with E-state index in [1.165, 1.54) is 28.1 Å². The van der Waals surface area contributed by atoms with Crippen LogP contribution in [0.15, 0.2) is 71.3 Å². The van der Waals surface area contributed by atoms with E-state index in [1.54, 1.807) is 24.3 Å². The van der Waals surface area contributed by atoms with Gasteiger partial charge in [-0.05, 0) is 54.8 Å². The molecular weight excluding hydrogens is 484 g/mol. The fraction of sp³-hybridized carbons (Fsp3) is 0.321. The van der Waals surface area contributed by atoms with Gasteiger partial charge in [0.15, 0.2) is 0 Å². The van der Waals surface area contributed by atoms with Gasteiger partial charge in [0, 0.05) is 11.6 Å². The van der Waals surface area contributed by atoms with Gasteiger partial charge in [0.2, 0.25) is 17.6 Å². The van der Waals surface area contributed by atoms with E-state index < -0.39 is 6.04 Å². The maximum atomic E-state index is 13.8. The third-order valence-electron chi connectivity index (χ3n) is 6.74. The van der Waals surface area contributed by atoms with Crippen molar-refractivity contribution in [1.29, 1.82) is 0 Å². The van der Waals surface area contributed by atoms with Gasteiger partial charge in [-0.2, -0.15) is 4.80 Å². The van der Waals surface area contributed by atoms with Gasteiger partial charge in [-0.15, -0.1) is 10.2 Å². The van der Waals surface area contributed by atoms with Crippen LogP contribution in [0.3, 0.4) is 0 Å². The van der Waals surface area contributed by atoms with Crippen LogP contribution in [0.2, 0.25) is 0 Å². The summed E-state index contributed by atoms with van der Waals surface area (Å²) in [5.41, 5.74) is 2.48. The van der Waals surface area contributed by atoms with Crippen molar-refractivity contribution in [2.75, 3.05) is 0 Å². The first-order valence-electron chi connectivity index (χ1n) is 12.7. The minimum atomic E-state index is -0.950. The van der Waals surface area contributed by atoms with Gasteiger partial charge in [-0.3, -0.25) is 9.59 Å². The second kappa shape index (κ2) is 11.3. The zero-order valence-electron chi connectivity index (χ0n) is 21.2. The van der Waals surface area contributed by atoms with E-state index in [4.69, 9.17) is 4.42 Å². The Morgan fingerprint density at radius 3 is 2.53 bits per heavy atom. The molecule has 4 aromatic rings. The molecule has 5 rings (SSSR count). The molecule has 0 bridgehead atoms. The molecule has 0 unspecified atom stereocenters. The van der Waals surface area contributed by atoms with Crippen LogP contribution < -0.4 is 5.32 Å². The normalized spacial score (nSPS) is 14.3. The third kappa shape index (κ3) is 5.91. The maximum absolute atomic E-state index is 13.8. The summed E-state index contributed by atoms with van der Waals surface area (Å²) in [6.45, 7) is 1.84. The van der Waals surface area contributed by atoms with Gasteiger partial charge in [-0.25, -0.2) is 0 Å². The number of phenolic OH excluding ortho intramolecular Hbond substituents is 1. The Morgan fingerprint density at radius 2 is 1.84 bits per heavy atom. The van der Waals surface area contributed by atoms with Gasteiger partial charge in [0.25, 0.3) is 0 Å². The van der Waals surface area contributed by atoms with Gasteiger partial charge < -0.3 is 19.7 Å². The number of carbonyl (C=O) groups is 2. The lowest BCUT2D eigenvalue weighted by atomic mass is 10.0. The highest BCUT2D eigenvalue weighted by atomic mass is 16.3. The number of carbonyl (C=O) groups excluding carboxylic acids is 2. The number of nitrogens with one attached hydrogen (secondary N) is 1.